The van der Waals surface area contributed by atoms with Gasteiger partial charge >= 0.3 is 0 Å². The van der Waals surface area contributed by atoms with Gasteiger partial charge in [-0.25, -0.2) is 0 Å². The SMILES string of the molecule is CC(CN)(CC1COC1)C1CCCCC1. The lowest BCUT2D eigenvalue weighted by molar-refractivity contribution is -0.0615. The Morgan fingerprint density at radius 2 is 1.87 bits per heavy atom. The maximum atomic E-state index is 6.02. The van der Waals surface area contributed by atoms with E-state index in [1.165, 1.54) is 38.5 Å². The summed E-state index contributed by atoms with van der Waals surface area (Å²) in [5.74, 6) is 1.66. The second-order valence-corrected chi connectivity index (χ2v) is 5.80. The van der Waals surface area contributed by atoms with Crippen LogP contribution in [0.4, 0.5) is 0 Å². The number of ether oxygens (including phenoxy) is 1. The van der Waals surface area contributed by atoms with Crippen molar-refractivity contribution in [3.63, 3.8) is 0 Å². The van der Waals surface area contributed by atoms with E-state index in [-0.39, 0.29) is 0 Å². The molecule has 15 heavy (non-hydrogen) atoms. The summed E-state index contributed by atoms with van der Waals surface area (Å²) in [6, 6.07) is 0. The number of nitrogens with two attached hydrogens (primary N) is 1. The normalized spacial score (nSPS) is 28.4. The minimum Gasteiger partial charge on any atom is -0.381 e. The van der Waals surface area contributed by atoms with E-state index in [9.17, 15) is 0 Å². The number of hydrogen-bond acceptors (Lipinski definition) is 2. The van der Waals surface area contributed by atoms with E-state index in [0.717, 1.165) is 31.6 Å². The summed E-state index contributed by atoms with van der Waals surface area (Å²) in [5.41, 5.74) is 6.41. The van der Waals surface area contributed by atoms with Crippen molar-refractivity contribution in [3.8, 4) is 0 Å². The van der Waals surface area contributed by atoms with E-state index in [4.69, 9.17) is 10.5 Å². The summed E-state index contributed by atoms with van der Waals surface area (Å²) in [4.78, 5) is 0. The Kier molecular flexibility index (Phi) is 3.68. The lowest BCUT2D eigenvalue weighted by Gasteiger charge is -2.43. The van der Waals surface area contributed by atoms with Crippen molar-refractivity contribution < 1.29 is 4.74 Å². The van der Waals surface area contributed by atoms with Gasteiger partial charge in [0.25, 0.3) is 0 Å². The Morgan fingerprint density at radius 1 is 1.20 bits per heavy atom. The summed E-state index contributed by atoms with van der Waals surface area (Å²) in [6.45, 7) is 5.21. The zero-order valence-electron chi connectivity index (χ0n) is 10.0. The highest BCUT2D eigenvalue weighted by atomic mass is 16.5. The molecule has 2 aliphatic rings. The van der Waals surface area contributed by atoms with Gasteiger partial charge in [-0.05, 0) is 37.1 Å². The highest BCUT2D eigenvalue weighted by Gasteiger charge is 2.37. The maximum absolute atomic E-state index is 6.02. The Labute approximate surface area is 93.6 Å². The average Bonchev–Trinajstić information content (AvgIpc) is 2.24. The third-order valence-electron chi connectivity index (χ3n) is 4.52. The van der Waals surface area contributed by atoms with Gasteiger partial charge in [-0.15, -0.1) is 0 Å². The van der Waals surface area contributed by atoms with Crippen molar-refractivity contribution in [1.82, 2.24) is 0 Å². The summed E-state index contributed by atoms with van der Waals surface area (Å²) >= 11 is 0. The van der Waals surface area contributed by atoms with E-state index >= 15 is 0 Å². The van der Waals surface area contributed by atoms with Crippen LogP contribution in [0.3, 0.4) is 0 Å². The minimum atomic E-state index is 0.384. The molecule has 2 rings (SSSR count). The van der Waals surface area contributed by atoms with Crippen LogP contribution < -0.4 is 5.73 Å². The van der Waals surface area contributed by atoms with E-state index in [2.05, 4.69) is 6.92 Å². The molecule has 0 spiro atoms. The molecule has 2 N–H and O–H groups in total. The number of hydrogen-bond donors (Lipinski definition) is 1. The Balaban J connectivity index is 1.91. The van der Waals surface area contributed by atoms with E-state index in [1.54, 1.807) is 0 Å². The van der Waals surface area contributed by atoms with E-state index < -0.39 is 0 Å². The topological polar surface area (TPSA) is 35.2 Å². The fourth-order valence-electron chi connectivity index (χ4n) is 3.28. The maximum Gasteiger partial charge on any atom is 0.0516 e. The van der Waals surface area contributed by atoms with E-state index in [0.29, 0.717) is 5.41 Å². The molecule has 2 fully saturated rings. The highest BCUT2D eigenvalue weighted by Crippen LogP contribution is 2.43. The third kappa shape index (κ3) is 2.54. The van der Waals surface area contributed by atoms with Gasteiger partial charge in [0.2, 0.25) is 0 Å². The van der Waals surface area contributed by atoms with Crippen molar-refractivity contribution in [3.05, 3.63) is 0 Å². The van der Waals surface area contributed by atoms with Crippen LogP contribution in [0.2, 0.25) is 0 Å². The van der Waals surface area contributed by atoms with Crippen molar-refractivity contribution in [2.45, 2.75) is 45.4 Å². The van der Waals surface area contributed by atoms with Crippen LogP contribution in [-0.4, -0.2) is 19.8 Å². The Bertz CT molecular complexity index is 197. The molecule has 0 radical (unpaired) electrons. The molecule has 1 aliphatic heterocycles. The fourth-order valence-corrected chi connectivity index (χ4v) is 3.28. The molecular weight excluding hydrogens is 186 g/mol. The zero-order chi connectivity index (χ0) is 10.7. The second-order valence-electron chi connectivity index (χ2n) is 5.80. The number of rotatable bonds is 4. The van der Waals surface area contributed by atoms with E-state index in [1.807, 2.05) is 0 Å². The molecule has 0 aromatic rings. The van der Waals surface area contributed by atoms with Crippen LogP contribution in [0, 0.1) is 17.3 Å². The largest absolute Gasteiger partial charge is 0.381 e. The van der Waals surface area contributed by atoms with Gasteiger partial charge in [0.05, 0.1) is 13.2 Å². The molecule has 1 unspecified atom stereocenters. The van der Waals surface area contributed by atoms with Gasteiger partial charge in [-0.1, -0.05) is 26.2 Å². The molecule has 1 saturated carbocycles. The first-order valence-corrected chi connectivity index (χ1v) is 6.52. The van der Waals surface area contributed by atoms with Gasteiger partial charge in [-0.2, -0.15) is 0 Å². The first-order valence-electron chi connectivity index (χ1n) is 6.52. The molecule has 0 bridgehead atoms. The molecule has 1 heterocycles. The van der Waals surface area contributed by atoms with Crippen LogP contribution in [-0.2, 0) is 4.74 Å². The van der Waals surface area contributed by atoms with Crippen LogP contribution in [0.15, 0.2) is 0 Å². The van der Waals surface area contributed by atoms with Crippen molar-refractivity contribution in [2.75, 3.05) is 19.8 Å². The molecule has 0 amide bonds. The highest BCUT2D eigenvalue weighted by molar-refractivity contribution is 4.88. The lowest BCUT2D eigenvalue weighted by atomic mass is 9.66. The molecule has 0 aromatic heterocycles. The summed E-state index contributed by atoms with van der Waals surface area (Å²) in [6.07, 6.45) is 8.36. The molecule has 1 saturated heterocycles. The minimum absolute atomic E-state index is 0.384. The molecule has 1 aliphatic carbocycles. The Hall–Kier alpha value is -0.0800. The van der Waals surface area contributed by atoms with Gasteiger partial charge in [0.15, 0.2) is 0 Å². The molecule has 88 valence electrons. The van der Waals surface area contributed by atoms with Gasteiger partial charge in [-0.3, -0.25) is 0 Å². The van der Waals surface area contributed by atoms with Crippen LogP contribution >= 0.6 is 0 Å². The molecule has 0 aromatic carbocycles. The van der Waals surface area contributed by atoms with Gasteiger partial charge in [0, 0.05) is 5.92 Å². The predicted octanol–water partition coefficient (Wildman–Crippen LogP) is 2.57. The Morgan fingerprint density at radius 3 is 2.33 bits per heavy atom. The lowest BCUT2D eigenvalue weighted by Crippen LogP contribution is -2.42. The van der Waals surface area contributed by atoms with Gasteiger partial charge < -0.3 is 10.5 Å². The first kappa shape index (κ1) is 11.4. The summed E-state index contributed by atoms with van der Waals surface area (Å²) in [5, 5.41) is 0. The molecule has 2 nitrogen and oxygen atoms in total. The van der Waals surface area contributed by atoms with Crippen molar-refractivity contribution >= 4 is 0 Å². The summed E-state index contributed by atoms with van der Waals surface area (Å²) < 4.78 is 5.27. The zero-order valence-corrected chi connectivity index (χ0v) is 10.0. The molecular formula is C13H25NO. The smallest absolute Gasteiger partial charge is 0.0516 e. The quantitative estimate of drug-likeness (QED) is 0.775. The predicted molar refractivity (Wildman–Crippen MR) is 62.7 cm³/mol. The first-order chi connectivity index (χ1) is 7.24. The average molecular weight is 211 g/mol. The molecule has 2 heteroatoms. The second kappa shape index (κ2) is 4.84. The van der Waals surface area contributed by atoms with Crippen molar-refractivity contribution in [1.29, 1.82) is 0 Å². The van der Waals surface area contributed by atoms with Crippen LogP contribution in [0.5, 0.6) is 0 Å². The van der Waals surface area contributed by atoms with Crippen LogP contribution in [0.1, 0.15) is 45.4 Å². The van der Waals surface area contributed by atoms with Crippen molar-refractivity contribution in [2.24, 2.45) is 23.0 Å². The molecule has 1 atom stereocenters. The monoisotopic (exact) mass is 211 g/mol. The third-order valence-corrected chi connectivity index (χ3v) is 4.52. The van der Waals surface area contributed by atoms with Crippen LogP contribution in [0.25, 0.3) is 0 Å². The van der Waals surface area contributed by atoms with Gasteiger partial charge in [0.1, 0.15) is 0 Å². The fraction of sp³-hybridized carbons (Fsp3) is 1.00. The summed E-state index contributed by atoms with van der Waals surface area (Å²) in [7, 11) is 0. The standard InChI is InChI=1S/C13H25NO/c1-13(10-14,7-11-8-15-9-11)12-5-3-2-4-6-12/h11-12H,2-10,14H2,1H3.